The van der Waals surface area contributed by atoms with E-state index in [-0.39, 0.29) is 29.4 Å². The Labute approximate surface area is 177 Å². The van der Waals surface area contributed by atoms with Gasteiger partial charge in [0.2, 0.25) is 5.89 Å². The van der Waals surface area contributed by atoms with Gasteiger partial charge in [0.15, 0.2) is 11.8 Å². The topological polar surface area (TPSA) is 93.2 Å². The number of hydrogen-bond donors (Lipinski definition) is 2. The van der Waals surface area contributed by atoms with Crippen LogP contribution in [0.2, 0.25) is 0 Å². The highest BCUT2D eigenvalue weighted by Crippen LogP contribution is 2.22. The average molecular weight is 487 g/mol. The fourth-order valence-corrected chi connectivity index (χ4v) is 2.96. The van der Waals surface area contributed by atoms with Crippen molar-refractivity contribution in [3.05, 3.63) is 29.5 Å². The predicted octanol–water partition coefficient (Wildman–Crippen LogP) is 2.77. The summed E-state index contributed by atoms with van der Waals surface area (Å²) in [6, 6.07) is 0. The van der Waals surface area contributed by atoms with Crippen molar-refractivity contribution >= 4 is 29.9 Å². The van der Waals surface area contributed by atoms with Gasteiger partial charge in [0.1, 0.15) is 11.6 Å². The van der Waals surface area contributed by atoms with Gasteiger partial charge in [0.25, 0.3) is 0 Å². The molecule has 150 valence electrons. The van der Waals surface area contributed by atoms with E-state index in [1.807, 2.05) is 0 Å². The van der Waals surface area contributed by atoms with Crippen LogP contribution in [-0.4, -0.2) is 32.8 Å². The van der Waals surface area contributed by atoms with Crippen LogP contribution in [0.15, 0.2) is 15.6 Å². The van der Waals surface area contributed by atoms with Crippen molar-refractivity contribution < 1.29 is 4.42 Å². The van der Waals surface area contributed by atoms with E-state index < -0.39 is 0 Å². The van der Waals surface area contributed by atoms with Crippen LogP contribution in [0.5, 0.6) is 0 Å². The first-order valence-electron chi connectivity index (χ1n) is 9.28. The number of halogens is 1. The number of aliphatic imine (C=N–C) groups is 1. The molecule has 0 atom stereocenters. The first-order valence-corrected chi connectivity index (χ1v) is 9.28. The molecular weight excluding hydrogens is 457 g/mol. The molecule has 3 rings (SSSR count). The Morgan fingerprint density at radius 1 is 1.19 bits per heavy atom. The van der Waals surface area contributed by atoms with Crippen LogP contribution in [0.25, 0.3) is 0 Å². The fourth-order valence-electron chi connectivity index (χ4n) is 2.96. The quantitative estimate of drug-likeness (QED) is 0.392. The molecule has 0 saturated carbocycles. The molecule has 0 aliphatic carbocycles. The van der Waals surface area contributed by atoms with Crippen LogP contribution in [0, 0.1) is 0 Å². The minimum absolute atomic E-state index is 0. The normalized spacial score (nSPS) is 14.9. The van der Waals surface area contributed by atoms with Crippen LogP contribution < -0.4 is 10.6 Å². The van der Waals surface area contributed by atoms with Crippen LogP contribution in [0.3, 0.4) is 0 Å². The summed E-state index contributed by atoms with van der Waals surface area (Å²) in [5, 5.41) is 15.2. The second kappa shape index (κ2) is 9.52. The molecule has 0 saturated heterocycles. The molecule has 0 aromatic carbocycles. The zero-order valence-corrected chi connectivity index (χ0v) is 18.9. The number of aromatic nitrogens is 4. The van der Waals surface area contributed by atoms with E-state index in [9.17, 15) is 0 Å². The Kier molecular flexibility index (Phi) is 7.63. The Bertz CT molecular complexity index is 760. The molecule has 0 fully saturated rings. The number of hydrogen-bond acceptors (Lipinski definition) is 5. The van der Waals surface area contributed by atoms with Crippen molar-refractivity contribution in [2.24, 2.45) is 4.99 Å². The number of fused-ring (bicyclic) bond motifs is 1. The van der Waals surface area contributed by atoms with E-state index in [1.165, 1.54) is 19.3 Å². The summed E-state index contributed by atoms with van der Waals surface area (Å²) < 4.78 is 8.03. The molecule has 9 heteroatoms. The first kappa shape index (κ1) is 21.6. The lowest BCUT2D eigenvalue weighted by atomic mass is 9.94. The van der Waals surface area contributed by atoms with Crippen molar-refractivity contribution in [2.75, 3.05) is 7.05 Å². The van der Waals surface area contributed by atoms with E-state index in [0.29, 0.717) is 24.9 Å². The Morgan fingerprint density at radius 3 is 2.67 bits per heavy atom. The molecule has 0 bridgehead atoms. The molecule has 27 heavy (non-hydrogen) atoms. The third kappa shape index (κ3) is 5.66. The summed E-state index contributed by atoms with van der Waals surface area (Å²) >= 11 is 0. The zero-order valence-electron chi connectivity index (χ0n) is 16.6. The Hall–Kier alpha value is -1.65. The maximum absolute atomic E-state index is 5.80. The molecular formula is C18H30IN7O. The lowest BCUT2D eigenvalue weighted by Crippen LogP contribution is -2.37. The summed E-state index contributed by atoms with van der Waals surface area (Å²) in [6.07, 6.45) is 6.44. The van der Waals surface area contributed by atoms with Crippen molar-refractivity contribution in [3.63, 3.8) is 0 Å². The first-order chi connectivity index (χ1) is 12.5. The van der Waals surface area contributed by atoms with Gasteiger partial charge >= 0.3 is 0 Å². The van der Waals surface area contributed by atoms with E-state index in [2.05, 4.69) is 56.1 Å². The van der Waals surface area contributed by atoms with E-state index in [0.717, 1.165) is 30.4 Å². The van der Waals surface area contributed by atoms with Gasteiger partial charge in [-0.1, -0.05) is 27.2 Å². The summed E-state index contributed by atoms with van der Waals surface area (Å²) in [5.41, 5.74) is -0.0450. The zero-order chi connectivity index (χ0) is 18.6. The summed E-state index contributed by atoms with van der Waals surface area (Å²) in [4.78, 5) is 8.58. The molecule has 0 amide bonds. The molecule has 1 aliphatic rings. The molecule has 3 heterocycles. The second-order valence-corrected chi connectivity index (χ2v) is 7.64. The third-order valence-electron chi connectivity index (χ3n) is 4.52. The monoisotopic (exact) mass is 487 g/mol. The Morgan fingerprint density at radius 2 is 1.96 bits per heavy atom. The largest absolute Gasteiger partial charge is 0.443 e. The van der Waals surface area contributed by atoms with Gasteiger partial charge in [0.05, 0.1) is 19.3 Å². The maximum atomic E-state index is 5.80. The van der Waals surface area contributed by atoms with Crippen molar-refractivity contribution in [3.8, 4) is 0 Å². The summed E-state index contributed by atoms with van der Waals surface area (Å²) in [6.45, 7) is 8.38. The smallest absolute Gasteiger partial charge is 0.213 e. The number of aryl methyl sites for hydroxylation is 1. The van der Waals surface area contributed by atoms with Crippen LogP contribution >= 0.6 is 24.0 Å². The molecule has 0 unspecified atom stereocenters. The van der Waals surface area contributed by atoms with E-state index >= 15 is 0 Å². The SMILES string of the molecule is CN=C(NCc1ncc(C(C)(C)C)o1)NCc1nnc2n1CCCCC2.I. The van der Waals surface area contributed by atoms with Crippen LogP contribution in [0.4, 0.5) is 0 Å². The van der Waals surface area contributed by atoms with E-state index in [4.69, 9.17) is 4.42 Å². The lowest BCUT2D eigenvalue weighted by molar-refractivity contribution is 0.379. The molecule has 0 radical (unpaired) electrons. The number of nitrogens with one attached hydrogen (secondary N) is 2. The third-order valence-corrected chi connectivity index (χ3v) is 4.52. The van der Waals surface area contributed by atoms with Gasteiger partial charge in [-0.05, 0) is 12.8 Å². The lowest BCUT2D eigenvalue weighted by Gasteiger charge is -2.13. The minimum Gasteiger partial charge on any atom is -0.443 e. The predicted molar refractivity (Wildman–Crippen MR) is 115 cm³/mol. The average Bonchev–Trinajstić information content (AvgIpc) is 3.16. The van der Waals surface area contributed by atoms with Crippen LogP contribution in [-0.2, 0) is 31.5 Å². The highest BCUT2D eigenvalue weighted by atomic mass is 127. The molecule has 1 aliphatic heterocycles. The van der Waals surface area contributed by atoms with Gasteiger partial charge in [-0.25, -0.2) is 4.98 Å². The Balaban J connectivity index is 0.00000261. The second-order valence-electron chi connectivity index (χ2n) is 7.64. The summed E-state index contributed by atoms with van der Waals surface area (Å²) in [5.74, 6) is 4.26. The van der Waals surface area contributed by atoms with Crippen molar-refractivity contribution in [1.29, 1.82) is 0 Å². The van der Waals surface area contributed by atoms with Crippen LogP contribution in [0.1, 0.15) is 63.3 Å². The summed E-state index contributed by atoms with van der Waals surface area (Å²) in [7, 11) is 1.75. The highest BCUT2D eigenvalue weighted by Gasteiger charge is 2.19. The van der Waals surface area contributed by atoms with Gasteiger partial charge in [-0.15, -0.1) is 34.2 Å². The van der Waals surface area contributed by atoms with Crippen molar-refractivity contribution in [1.82, 2.24) is 30.4 Å². The van der Waals surface area contributed by atoms with Gasteiger partial charge in [-0.2, -0.15) is 0 Å². The highest BCUT2D eigenvalue weighted by molar-refractivity contribution is 14.0. The number of guanidine groups is 1. The number of rotatable bonds is 4. The van der Waals surface area contributed by atoms with E-state index in [1.54, 1.807) is 13.2 Å². The number of oxazole rings is 1. The molecule has 8 nitrogen and oxygen atoms in total. The molecule has 2 N–H and O–H groups in total. The number of nitrogens with zero attached hydrogens (tertiary/aromatic N) is 5. The molecule has 2 aromatic heterocycles. The van der Waals surface area contributed by atoms with Gasteiger partial charge in [-0.3, -0.25) is 4.99 Å². The van der Waals surface area contributed by atoms with Crippen molar-refractivity contribution in [2.45, 2.75) is 71.5 Å². The van der Waals surface area contributed by atoms with Gasteiger partial charge < -0.3 is 19.6 Å². The minimum atomic E-state index is -0.0450. The molecule has 0 spiro atoms. The fraction of sp³-hybridized carbons (Fsp3) is 0.667. The van der Waals surface area contributed by atoms with Gasteiger partial charge in [0, 0.05) is 25.4 Å². The molecule has 2 aromatic rings. The standard InChI is InChI=1S/C18H29N7O.HI/c1-18(2,3)13-10-20-16(26-13)12-22-17(19-4)21-11-15-24-23-14-8-6-5-7-9-25(14)15;/h10H,5-9,11-12H2,1-4H3,(H2,19,21,22);1H. The maximum Gasteiger partial charge on any atom is 0.213 e.